The third-order valence-electron chi connectivity index (χ3n) is 17.9. The number of rotatable bonds is 8. The van der Waals surface area contributed by atoms with E-state index in [0.717, 1.165) is 67.9 Å². The molecule has 4 nitrogen and oxygen atoms in total. The Labute approximate surface area is 442 Å². The first kappa shape index (κ1) is 43.4. The van der Waals surface area contributed by atoms with Gasteiger partial charge in [-0.2, -0.15) is 0 Å². The molecule has 3 heterocycles. The van der Waals surface area contributed by atoms with Crippen LogP contribution in [0.1, 0.15) is 76.2 Å². The number of hydrogen-bond acceptors (Lipinski definition) is 4. The lowest BCUT2D eigenvalue weighted by Gasteiger charge is -2.42. The molecule has 6 atom stereocenters. The van der Waals surface area contributed by atoms with E-state index in [4.69, 9.17) is 15.0 Å². The maximum absolute atomic E-state index is 5.87. The van der Waals surface area contributed by atoms with Gasteiger partial charge in [0.15, 0.2) is 0 Å². The first-order valence-electron chi connectivity index (χ1n) is 27.0. The Bertz CT molecular complexity index is 4350. The third-order valence-corrected chi connectivity index (χ3v) is 17.9. The van der Waals surface area contributed by atoms with Gasteiger partial charge < -0.3 is 5.32 Å². The first-order valence-corrected chi connectivity index (χ1v) is 27.0. The second kappa shape index (κ2) is 16.5. The Hall–Kier alpha value is -8.99. The number of pyridine rings is 2. The van der Waals surface area contributed by atoms with Crippen molar-refractivity contribution in [3.8, 4) is 11.3 Å². The van der Waals surface area contributed by atoms with Crippen LogP contribution in [0.2, 0.25) is 0 Å². The average Bonchev–Trinajstić information content (AvgIpc) is 4.30. The van der Waals surface area contributed by atoms with E-state index >= 15 is 0 Å². The summed E-state index contributed by atoms with van der Waals surface area (Å²) in [4.78, 5) is 15.8. The van der Waals surface area contributed by atoms with E-state index in [0.29, 0.717) is 11.8 Å². The smallest absolute Gasteiger partial charge is 0.134 e. The summed E-state index contributed by atoms with van der Waals surface area (Å²) < 4.78 is 0. The Morgan fingerprint density at radius 3 is 2.50 bits per heavy atom. The monoisotopic (exact) mass is 972 g/mol. The molecule has 16 rings (SSSR count). The minimum absolute atomic E-state index is 0.197. The number of nitrogens with zero attached hydrogens (tertiary/aromatic N) is 3. The summed E-state index contributed by atoms with van der Waals surface area (Å²) in [7, 11) is 0. The molecule has 5 aromatic carbocycles. The number of amidine groups is 1. The van der Waals surface area contributed by atoms with E-state index in [1.54, 1.807) is 0 Å². The topological polar surface area (TPSA) is 50.2 Å². The van der Waals surface area contributed by atoms with Gasteiger partial charge in [0.2, 0.25) is 0 Å². The lowest BCUT2D eigenvalue weighted by atomic mass is 9.63. The van der Waals surface area contributed by atoms with Gasteiger partial charge in [-0.1, -0.05) is 183 Å². The van der Waals surface area contributed by atoms with Gasteiger partial charge in [0, 0.05) is 57.8 Å². The zero-order valence-electron chi connectivity index (χ0n) is 42.2. The molecule has 0 amide bonds. The molecule has 9 aliphatic rings. The van der Waals surface area contributed by atoms with E-state index in [2.05, 4.69) is 225 Å². The fourth-order valence-corrected chi connectivity index (χ4v) is 14.1. The zero-order valence-corrected chi connectivity index (χ0v) is 42.2. The highest BCUT2D eigenvalue weighted by atomic mass is 15.1. The Morgan fingerprint density at radius 2 is 1.58 bits per heavy atom. The molecular weight excluding hydrogens is 921 g/mol. The van der Waals surface area contributed by atoms with Crippen molar-refractivity contribution in [2.24, 2.45) is 22.7 Å². The van der Waals surface area contributed by atoms with Crippen LogP contribution in [0, 0.1) is 17.8 Å². The molecule has 1 fully saturated rings. The number of aliphatic imine (C=N–C) groups is 1. The van der Waals surface area contributed by atoms with E-state index in [-0.39, 0.29) is 17.8 Å². The van der Waals surface area contributed by atoms with Gasteiger partial charge in [-0.3, -0.25) is 9.97 Å². The SMILES string of the molecule is C=C/C=C(\C=C/c1nccc2ccccc12)C1=Nc2c(C3=C4C=CC5=CC=CC6=CC=C(C=C3)C4C56)cc(C3=CC=c4ccc5cccc6c5c4C3CC=6)cc2C(C)(c2ccc(-c3nccc4c3C3CC3C=C4)cc2)N1. The highest BCUT2D eigenvalue weighted by molar-refractivity contribution is 6.08. The minimum Gasteiger partial charge on any atom is -0.356 e. The quantitative estimate of drug-likeness (QED) is 0.154. The predicted octanol–water partition coefficient (Wildman–Crippen LogP) is 14.9. The fraction of sp³-hybridized carbons (Fsp3) is 0.125. The summed E-state index contributed by atoms with van der Waals surface area (Å²) in [5.74, 6) is 2.59. The summed E-state index contributed by atoms with van der Waals surface area (Å²) in [6, 6.07) is 38.3. The van der Waals surface area contributed by atoms with Crippen molar-refractivity contribution in [1.29, 1.82) is 0 Å². The molecule has 7 aromatic rings. The van der Waals surface area contributed by atoms with E-state index < -0.39 is 5.54 Å². The van der Waals surface area contributed by atoms with Gasteiger partial charge in [0.1, 0.15) is 5.84 Å². The maximum Gasteiger partial charge on any atom is 0.134 e. The molecule has 1 aliphatic heterocycles. The van der Waals surface area contributed by atoms with Crippen LogP contribution in [0.4, 0.5) is 5.69 Å². The average molecular weight is 973 g/mol. The number of fused-ring (bicyclic) bond motifs is 5. The molecular formula is C72H52N4. The summed E-state index contributed by atoms with van der Waals surface area (Å²) in [6.45, 7) is 6.61. The van der Waals surface area contributed by atoms with Crippen LogP contribution in [0.5, 0.6) is 0 Å². The second-order valence-electron chi connectivity index (χ2n) is 22.0. The Kier molecular flexibility index (Phi) is 9.43. The number of aromatic nitrogens is 2. The molecule has 4 heteroatoms. The first-order chi connectivity index (χ1) is 37.5. The molecule has 0 spiro atoms. The number of allylic oxidation sites excluding steroid dienone is 19. The van der Waals surface area contributed by atoms with E-state index in [1.807, 2.05) is 18.5 Å². The van der Waals surface area contributed by atoms with Gasteiger partial charge in [-0.05, 0) is 156 Å². The molecule has 2 aromatic heterocycles. The fourth-order valence-electron chi connectivity index (χ4n) is 14.1. The van der Waals surface area contributed by atoms with Crippen LogP contribution in [-0.2, 0) is 5.54 Å². The second-order valence-corrected chi connectivity index (χ2v) is 22.0. The molecule has 0 bridgehead atoms. The van der Waals surface area contributed by atoms with Crippen LogP contribution in [0.3, 0.4) is 0 Å². The van der Waals surface area contributed by atoms with Crippen molar-refractivity contribution in [3.05, 3.63) is 290 Å². The zero-order chi connectivity index (χ0) is 50.2. The molecule has 8 aliphatic carbocycles. The molecule has 360 valence electrons. The van der Waals surface area contributed by atoms with Crippen molar-refractivity contribution in [3.63, 3.8) is 0 Å². The lowest BCUT2D eigenvalue weighted by Crippen LogP contribution is -2.47. The van der Waals surface area contributed by atoms with Crippen molar-refractivity contribution in [2.75, 3.05) is 0 Å². The van der Waals surface area contributed by atoms with Gasteiger partial charge >= 0.3 is 0 Å². The Morgan fingerprint density at radius 1 is 0.724 bits per heavy atom. The van der Waals surface area contributed by atoms with Crippen LogP contribution in [0.15, 0.2) is 240 Å². The van der Waals surface area contributed by atoms with Crippen molar-refractivity contribution >= 4 is 68.5 Å². The van der Waals surface area contributed by atoms with Gasteiger partial charge in [-0.15, -0.1) is 0 Å². The summed E-state index contributed by atoms with van der Waals surface area (Å²) in [6.07, 6.45) is 47.1. The molecule has 0 radical (unpaired) electrons. The van der Waals surface area contributed by atoms with Gasteiger partial charge in [-0.25, -0.2) is 4.99 Å². The number of benzene rings is 5. The minimum atomic E-state index is -0.757. The standard InChI is InChI=1S/C72H52N4/c1-3-8-51(27-34-63-56-14-5-4-9-42(56)35-37-73-63)71-75-70-61(57-31-24-48-18-16-44-11-7-13-46-26-33-59(57)67(48)65(44)46)40-53(55-30-23-47-17-15-43-10-6-12-45-25-32-58(55)66(47)64(43)45)41-62(70)72(2,76-71)54-28-21-50(22-29-54)69-68-49(36-38-74-69)19-20-52-39-60(52)68/h3-31,33-38,40-41,52,58,60,65,67H,1,32,39H2,2H3,(H,75,76)/b34-27-,51-8+. The highest BCUT2D eigenvalue weighted by Gasteiger charge is 2.44. The van der Waals surface area contributed by atoms with Gasteiger partial charge in [0.25, 0.3) is 0 Å². The molecule has 0 saturated heterocycles. The molecule has 6 unspecified atom stereocenters. The maximum atomic E-state index is 5.87. The largest absolute Gasteiger partial charge is 0.356 e. The number of nitrogens with one attached hydrogen (secondary N) is 1. The van der Waals surface area contributed by atoms with Gasteiger partial charge in [0.05, 0.1) is 22.6 Å². The van der Waals surface area contributed by atoms with Crippen LogP contribution in [0.25, 0.3) is 68.3 Å². The van der Waals surface area contributed by atoms with Crippen molar-refractivity contribution in [1.82, 2.24) is 15.3 Å². The molecule has 76 heavy (non-hydrogen) atoms. The van der Waals surface area contributed by atoms with Crippen LogP contribution in [-0.4, -0.2) is 15.8 Å². The normalized spacial score (nSPS) is 24.5. The Balaban J connectivity index is 0.932. The summed E-state index contributed by atoms with van der Waals surface area (Å²) >= 11 is 0. The van der Waals surface area contributed by atoms with E-state index in [9.17, 15) is 0 Å². The lowest BCUT2D eigenvalue weighted by molar-refractivity contribution is 0.523. The third kappa shape index (κ3) is 6.53. The molecule has 1 N–H and O–H groups in total. The van der Waals surface area contributed by atoms with Crippen molar-refractivity contribution in [2.45, 2.75) is 37.1 Å². The number of hydrogen-bond donors (Lipinski definition) is 1. The highest BCUT2D eigenvalue weighted by Crippen LogP contribution is 2.56. The van der Waals surface area contributed by atoms with E-state index in [1.165, 1.54) is 83.3 Å². The van der Waals surface area contributed by atoms with Crippen molar-refractivity contribution < 1.29 is 0 Å². The molecule has 1 saturated carbocycles. The van der Waals surface area contributed by atoms with Crippen LogP contribution >= 0.6 is 0 Å². The summed E-state index contributed by atoms with van der Waals surface area (Å²) in [5, 5.41) is 11.7. The summed E-state index contributed by atoms with van der Waals surface area (Å²) in [5.41, 5.74) is 21.0. The van der Waals surface area contributed by atoms with Crippen LogP contribution < -0.4 is 15.8 Å². The predicted molar refractivity (Wildman–Crippen MR) is 315 cm³/mol.